The van der Waals surface area contributed by atoms with E-state index in [9.17, 15) is 13.2 Å². The van der Waals surface area contributed by atoms with Crippen LogP contribution >= 0.6 is 0 Å². The first-order valence-corrected chi connectivity index (χ1v) is 11.1. The maximum atomic E-state index is 12.6. The number of rotatable bonds is 7. The monoisotopic (exact) mass is 445 g/mol. The molecule has 0 aliphatic rings. The fourth-order valence-corrected chi connectivity index (χ4v) is 3.96. The highest BCUT2D eigenvalue weighted by Crippen LogP contribution is 2.19. The third-order valence-electron chi connectivity index (χ3n) is 4.51. The number of nitrogens with zero attached hydrogens (tertiary/aromatic N) is 2. The van der Waals surface area contributed by atoms with Gasteiger partial charge in [0.15, 0.2) is 0 Å². The largest absolute Gasteiger partial charge is 0.379 e. The van der Waals surface area contributed by atoms with E-state index in [2.05, 4.69) is 10.5 Å². The zero-order chi connectivity index (χ0) is 22.4. The van der Waals surface area contributed by atoms with Gasteiger partial charge in [-0.3, -0.25) is 4.79 Å². The molecule has 3 aromatic carbocycles. The minimum atomic E-state index is -3.94. The molecule has 1 amide bonds. The quantitative estimate of drug-likeness (QED) is 0.264. The summed E-state index contributed by atoms with van der Waals surface area (Å²) in [7, 11) is -3.94. The van der Waals surface area contributed by atoms with E-state index in [4.69, 9.17) is 4.18 Å². The minimum absolute atomic E-state index is 0.0627. The minimum Gasteiger partial charge on any atom is -0.379 e. The molecule has 4 aromatic rings. The van der Waals surface area contributed by atoms with Gasteiger partial charge in [-0.25, -0.2) is 5.43 Å². The van der Waals surface area contributed by atoms with E-state index in [0.29, 0.717) is 11.1 Å². The lowest BCUT2D eigenvalue weighted by Crippen LogP contribution is -2.19. The van der Waals surface area contributed by atoms with Crippen LogP contribution in [-0.4, -0.2) is 25.1 Å². The Morgan fingerprint density at radius 1 is 0.875 bits per heavy atom. The lowest BCUT2D eigenvalue weighted by Gasteiger charge is -2.09. The first kappa shape index (κ1) is 21.1. The third kappa shape index (κ3) is 4.93. The normalized spacial score (nSPS) is 11.4. The summed E-state index contributed by atoms with van der Waals surface area (Å²) in [6, 6.07) is 25.2. The number of para-hydroxylation sites is 1. The summed E-state index contributed by atoms with van der Waals surface area (Å²) in [5.41, 5.74) is 4.25. The van der Waals surface area contributed by atoms with Crippen LogP contribution in [0.2, 0.25) is 0 Å². The molecule has 32 heavy (non-hydrogen) atoms. The fraction of sp³-hybridized carbons (Fsp3) is 0. The molecule has 7 nitrogen and oxygen atoms in total. The molecule has 8 heteroatoms. The SMILES string of the molecule is O=C(N/N=C\c1cccc(OS(=O)(=O)c2ccccc2)c1)c1ccccc1-n1cccc1. The van der Waals surface area contributed by atoms with E-state index in [0.717, 1.165) is 5.69 Å². The van der Waals surface area contributed by atoms with Crippen LogP contribution in [0.15, 0.2) is 113 Å². The second-order valence-corrected chi connectivity index (χ2v) is 8.28. The number of carbonyl (C=O) groups excluding carboxylic acids is 1. The second kappa shape index (κ2) is 9.32. The number of amides is 1. The van der Waals surface area contributed by atoms with Crippen molar-refractivity contribution in [2.24, 2.45) is 5.10 Å². The molecule has 0 aliphatic heterocycles. The second-order valence-electron chi connectivity index (χ2n) is 6.73. The molecule has 0 saturated carbocycles. The molecule has 4 rings (SSSR count). The molecule has 0 aliphatic carbocycles. The molecule has 1 heterocycles. The Balaban J connectivity index is 1.46. The van der Waals surface area contributed by atoms with Crippen molar-refractivity contribution >= 4 is 22.2 Å². The number of hydrazone groups is 1. The Bertz CT molecular complexity index is 1350. The van der Waals surface area contributed by atoms with Crippen molar-refractivity contribution in [2.75, 3.05) is 0 Å². The Kier molecular flexibility index (Phi) is 6.14. The summed E-state index contributed by atoms with van der Waals surface area (Å²) in [5, 5.41) is 4.00. The first-order chi connectivity index (χ1) is 15.5. The van der Waals surface area contributed by atoms with Crippen LogP contribution < -0.4 is 9.61 Å². The lowest BCUT2D eigenvalue weighted by atomic mass is 10.1. The summed E-state index contributed by atoms with van der Waals surface area (Å²) >= 11 is 0. The van der Waals surface area contributed by atoms with Gasteiger partial charge in [0.05, 0.1) is 17.5 Å². The molecule has 0 unspecified atom stereocenters. The number of aromatic nitrogens is 1. The zero-order valence-electron chi connectivity index (χ0n) is 16.8. The molecule has 160 valence electrons. The summed E-state index contributed by atoms with van der Waals surface area (Å²) in [4.78, 5) is 12.7. The molecule has 0 spiro atoms. The molecule has 0 fully saturated rings. The van der Waals surface area contributed by atoms with E-state index >= 15 is 0 Å². The predicted molar refractivity (Wildman–Crippen MR) is 122 cm³/mol. The topological polar surface area (TPSA) is 89.8 Å². The predicted octanol–water partition coefficient (Wildman–Crippen LogP) is 4.01. The average Bonchev–Trinajstić information content (AvgIpc) is 3.34. The molecule has 0 bridgehead atoms. The highest BCUT2D eigenvalue weighted by Gasteiger charge is 2.16. The average molecular weight is 446 g/mol. The maximum absolute atomic E-state index is 12.6. The number of hydrogen-bond acceptors (Lipinski definition) is 5. The zero-order valence-corrected chi connectivity index (χ0v) is 17.6. The first-order valence-electron chi connectivity index (χ1n) is 9.68. The molecule has 0 radical (unpaired) electrons. The van der Waals surface area contributed by atoms with Crippen molar-refractivity contribution in [3.05, 3.63) is 115 Å². The van der Waals surface area contributed by atoms with Crippen LogP contribution in [0.25, 0.3) is 5.69 Å². The van der Waals surface area contributed by atoms with E-state index in [1.165, 1.54) is 30.5 Å². The van der Waals surface area contributed by atoms with Crippen molar-refractivity contribution < 1.29 is 17.4 Å². The van der Waals surface area contributed by atoms with Gasteiger partial charge in [0.1, 0.15) is 10.6 Å². The van der Waals surface area contributed by atoms with Crippen molar-refractivity contribution in [1.82, 2.24) is 9.99 Å². The highest BCUT2D eigenvalue weighted by molar-refractivity contribution is 7.87. The lowest BCUT2D eigenvalue weighted by molar-refractivity contribution is 0.0955. The molecule has 1 aromatic heterocycles. The van der Waals surface area contributed by atoms with Crippen molar-refractivity contribution in [3.63, 3.8) is 0 Å². The van der Waals surface area contributed by atoms with Gasteiger partial charge in [0.25, 0.3) is 5.91 Å². The van der Waals surface area contributed by atoms with Crippen LogP contribution in [0.5, 0.6) is 5.75 Å². The smallest absolute Gasteiger partial charge is 0.339 e. The summed E-state index contributed by atoms with van der Waals surface area (Å²) in [6.45, 7) is 0. The van der Waals surface area contributed by atoms with Gasteiger partial charge in [-0.1, -0.05) is 42.5 Å². The van der Waals surface area contributed by atoms with E-state index in [-0.39, 0.29) is 16.6 Å². The Morgan fingerprint density at radius 3 is 2.38 bits per heavy atom. The van der Waals surface area contributed by atoms with E-state index < -0.39 is 10.1 Å². The Labute approximate surface area is 185 Å². The summed E-state index contributed by atoms with van der Waals surface area (Å²) < 4.78 is 31.8. The van der Waals surface area contributed by atoms with Crippen LogP contribution in [-0.2, 0) is 10.1 Å². The van der Waals surface area contributed by atoms with Gasteiger partial charge < -0.3 is 8.75 Å². The Morgan fingerprint density at radius 2 is 1.59 bits per heavy atom. The van der Waals surface area contributed by atoms with E-state index in [1.54, 1.807) is 42.5 Å². The van der Waals surface area contributed by atoms with Gasteiger partial charge in [-0.05, 0) is 54.1 Å². The van der Waals surface area contributed by atoms with Crippen molar-refractivity contribution in [3.8, 4) is 11.4 Å². The van der Waals surface area contributed by atoms with Gasteiger partial charge in [-0.15, -0.1) is 0 Å². The summed E-state index contributed by atoms with van der Waals surface area (Å²) in [6.07, 6.45) is 5.12. The third-order valence-corrected chi connectivity index (χ3v) is 5.77. The fourth-order valence-electron chi connectivity index (χ4n) is 3.02. The van der Waals surface area contributed by atoms with Gasteiger partial charge in [-0.2, -0.15) is 13.5 Å². The highest BCUT2D eigenvalue weighted by atomic mass is 32.2. The van der Waals surface area contributed by atoms with Gasteiger partial charge in [0.2, 0.25) is 0 Å². The Hall–Kier alpha value is -4.17. The number of nitrogens with one attached hydrogen (secondary N) is 1. The van der Waals surface area contributed by atoms with Crippen LogP contribution in [0.1, 0.15) is 15.9 Å². The number of carbonyl (C=O) groups is 1. The summed E-state index contributed by atoms with van der Waals surface area (Å²) in [5.74, 6) is -0.230. The molecular formula is C24H19N3O4S. The van der Waals surface area contributed by atoms with Gasteiger partial charge in [0, 0.05) is 12.4 Å². The number of benzene rings is 3. The van der Waals surface area contributed by atoms with Crippen LogP contribution in [0.3, 0.4) is 0 Å². The van der Waals surface area contributed by atoms with Crippen molar-refractivity contribution in [1.29, 1.82) is 0 Å². The molecular weight excluding hydrogens is 426 g/mol. The van der Waals surface area contributed by atoms with Crippen LogP contribution in [0.4, 0.5) is 0 Å². The molecule has 0 atom stereocenters. The van der Waals surface area contributed by atoms with Crippen molar-refractivity contribution in [2.45, 2.75) is 4.90 Å². The molecule has 1 N–H and O–H groups in total. The standard InChI is InChI=1S/C24H19N3O4S/c28-24(22-13-4-5-14-23(22)27-15-6-7-16-27)26-25-18-19-9-8-10-20(17-19)31-32(29,30)21-11-2-1-3-12-21/h1-18H,(H,26,28)/b25-18-. The number of hydrogen-bond donors (Lipinski definition) is 1. The van der Waals surface area contributed by atoms with Crippen LogP contribution in [0, 0.1) is 0 Å². The van der Waals surface area contributed by atoms with Gasteiger partial charge >= 0.3 is 10.1 Å². The maximum Gasteiger partial charge on any atom is 0.339 e. The molecule has 0 saturated heterocycles. The van der Waals surface area contributed by atoms with E-state index in [1.807, 2.05) is 41.2 Å².